The molecule has 2 aromatic rings. The quantitative estimate of drug-likeness (QED) is 0.918. The van der Waals surface area contributed by atoms with E-state index in [1.807, 2.05) is 55.5 Å². The number of carbonyl (C=O) groups excluding carboxylic acids is 1. The molecule has 1 N–H and O–H groups in total. The van der Waals surface area contributed by atoms with Crippen LogP contribution in [0, 0.1) is 0 Å². The Kier molecular flexibility index (Phi) is 3.97. The lowest BCUT2D eigenvalue weighted by molar-refractivity contribution is -0.123. The van der Waals surface area contributed by atoms with Crippen LogP contribution in [0.5, 0.6) is 5.75 Å². The summed E-state index contributed by atoms with van der Waals surface area (Å²) >= 11 is 3.45. The molecule has 0 radical (unpaired) electrons. The van der Waals surface area contributed by atoms with Crippen molar-refractivity contribution in [3.05, 3.63) is 64.1 Å². The van der Waals surface area contributed by atoms with Crippen molar-refractivity contribution in [3.63, 3.8) is 0 Å². The number of ether oxygens (including phenoxy) is 1. The Labute approximate surface area is 132 Å². The lowest BCUT2D eigenvalue weighted by Gasteiger charge is -2.17. The zero-order valence-electron chi connectivity index (χ0n) is 11.7. The molecule has 2 atom stereocenters. The summed E-state index contributed by atoms with van der Waals surface area (Å²) in [6, 6.07) is 15.6. The maximum absolute atomic E-state index is 12.5. The third-order valence-electron chi connectivity index (χ3n) is 3.72. The molecule has 4 heteroatoms. The molecule has 2 unspecified atom stereocenters. The minimum atomic E-state index is -0.226. The van der Waals surface area contributed by atoms with Gasteiger partial charge in [-0.1, -0.05) is 46.3 Å². The molecular formula is C17H16BrNO2. The maximum atomic E-state index is 12.5. The first-order valence-corrected chi connectivity index (χ1v) is 7.72. The molecule has 3 nitrogen and oxygen atoms in total. The first kappa shape index (κ1) is 14.1. The largest absolute Gasteiger partial charge is 0.492 e. The van der Waals surface area contributed by atoms with Crippen molar-refractivity contribution in [1.29, 1.82) is 0 Å². The van der Waals surface area contributed by atoms with Crippen molar-refractivity contribution in [2.45, 2.75) is 18.9 Å². The highest BCUT2D eigenvalue weighted by Crippen LogP contribution is 2.34. The van der Waals surface area contributed by atoms with Gasteiger partial charge in [-0.15, -0.1) is 0 Å². The number of fused-ring (bicyclic) bond motifs is 1. The zero-order valence-corrected chi connectivity index (χ0v) is 13.3. The van der Waals surface area contributed by atoms with Crippen LogP contribution in [-0.2, 0) is 4.79 Å². The lowest BCUT2D eigenvalue weighted by Crippen LogP contribution is -2.32. The SMILES string of the molecule is CC(NC(=O)C1COc2ccccc21)c1cccc(Br)c1. The van der Waals surface area contributed by atoms with Gasteiger partial charge in [0.1, 0.15) is 18.3 Å². The zero-order chi connectivity index (χ0) is 14.8. The van der Waals surface area contributed by atoms with Crippen molar-refractivity contribution in [2.75, 3.05) is 6.61 Å². The minimum absolute atomic E-state index is 0.00688. The molecule has 0 aliphatic carbocycles. The third-order valence-corrected chi connectivity index (χ3v) is 4.22. The van der Waals surface area contributed by atoms with Crippen LogP contribution in [0.15, 0.2) is 53.0 Å². The van der Waals surface area contributed by atoms with E-state index in [0.717, 1.165) is 21.3 Å². The van der Waals surface area contributed by atoms with Crippen LogP contribution < -0.4 is 10.1 Å². The Bertz CT molecular complexity index is 671. The van der Waals surface area contributed by atoms with E-state index < -0.39 is 0 Å². The molecule has 3 rings (SSSR count). The number of benzene rings is 2. The summed E-state index contributed by atoms with van der Waals surface area (Å²) in [5.41, 5.74) is 2.04. The monoisotopic (exact) mass is 345 g/mol. The molecule has 1 aliphatic heterocycles. The molecule has 1 aliphatic rings. The molecule has 0 fully saturated rings. The number of halogens is 1. The molecule has 0 spiro atoms. The number of nitrogens with one attached hydrogen (secondary N) is 1. The van der Waals surface area contributed by atoms with E-state index in [4.69, 9.17) is 4.74 Å². The summed E-state index contributed by atoms with van der Waals surface area (Å²) < 4.78 is 6.58. The highest BCUT2D eigenvalue weighted by atomic mass is 79.9. The number of carbonyl (C=O) groups is 1. The molecular weight excluding hydrogens is 330 g/mol. The van der Waals surface area contributed by atoms with Crippen LogP contribution in [0.4, 0.5) is 0 Å². The first-order valence-electron chi connectivity index (χ1n) is 6.92. The molecule has 1 amide bonds. The minimum Gasteiger partial charge on any atom is -0.492 e. The second-order valence-corrected chi connectivity index (χ2v) is 6.10. The van der Waals surface area contributed by atoms with Crippen LogP contribution in [-0.4, -0.2) is 12.5 Å². The molecule has 0 bridgehead atoms. The van der Waals surface area contributed by atoms with E-state index in [1.54, 1.807) is 0 Å². The molecule has 0 saturated heterocycles. The summed E-state index contributed by atoms with van der Waals surface area (Å²) in [7, 11) is 0. The third kappa shape index (κ3) is 2.95. The molecule has 0 saturated carbocycles. The van der Waals surface area contributed by atoms with Gasteiger partial charge in [0.25, 0.3) is 0 Å². The van der Waals surface area contributed by atoms with Gasteiger partial charge in [0, 0.05) is 10.0 Å². The van der Waals surface area contributed by atoms with Crippen LogP contribution in [0.3, 0.4) is 0 Å². The summed E-state index contributed by atoms with van der Waals surface area (Å²) in [6.07, 6.45) is 0. The van der Waals surface area contributed by atoms with Crippen LogP contribution in [0.25, 0.3) is 0 Å². The molecule has 21 heavy (non-hydrogen) atoms. The number of amides is 1. The van der Waals surface area contributed by atoms with E-state index in [9.17, 15) is 4.79 Å². The second kappa shape index (κ2) is 5.90. The Morgan fingerprint density at radius 3 is 2.90 bits per heavy atom. The van der Waals surface area contributed by atoms with Crippen molar-refractivity contribution < 1.29 is 9.53 Å². The summed E-state index contributed by atoms with van der Waals surface area (Å²) in [4.78, 5) is 12.5. The van der Waals surface area contributed by atoms with Gasteiger partial charge in [-0.3, -0.25) is 4.79 Å². The van der Waals surface area contributed by atoms with Crippen molar-refractivity contribution >= 4 is 21.8 Å². The Morgan fingerprint density at radius 2 is 2.10 bits per heavy atom. The van der Waals surface area contributed by atoms with Crippen molar-refractivity contribution in [2.24, 2.45) is 0 Å². The van der Waals surface area contributed by atoms with E-state index in [-0.39, 0.29) is 17.9 Å². The second-order valence-electron chi connectivity index (χ2n) is 5.19. The fourth-order valence-corrected chi connectivity index (χ4v) is 2.97. The van der Waals surface area contributed by atoms with Gasteiger partial charge in [-0.05, 0) is 30.7 Å². The summed E-state index contributed by atoms with van der Waals surface area (Å²) in [5.74, 6) is 0.594. The van der Waals surface area contributed by atoms with E-state index in [1.165, 1.54) is 0 Å². The van der Waals surface area contributed by atoms with Gasteiger partial charge < -0.3 is 10.1 Å². The molecule has 108 valence electrons. The fourth-order valence-electron chi connectivity index (χ4n) is 2.55. The molecule has 2 aromatic carbocycles. The van der Waals surface area contributed by atoms with Gasteiger partial charge in [-0.25, -0.2) is 0 Å². The topological polar surface area (TPSA) is 38.3 Å². The van der Waals surface area contributed by atoms with E-state index >= 15 is 0 Å². The van der Waals surface area contributed by atoms with Crippen LogP contribution in [0.1, 0.15) is 30.0 Å². The van der Waals surface area contributed by atoms with Gasteiger partial charge in [0.2, 0.25) is 5.91 Å². The summed E-state index contributed by atoms with van der Waals surface area (Å²) in [5, 5.41) is 3.07. The first-order chi connectivity index (χ1) is 10.1. The Hall–Kier alpha value is -1.81. The van der Waals surface area contributed by atoms with Gasteiger partial charge >= 0.3 is 0 Å². The fraction of sp³-hybridized carbons (Fsp3) is 0.235. The van der Waals surface area contributed by atoms with Crippen molar-refractivity contribution in [3.8, 4) is 5.75 Å². The highest BCUT2D eigenvalue weighted by molar-refractivity contribution is 9.10. The van der Waals surface area contributed by atoms with Gasteiger partial charge in [0.15, 0.2) is 0 Å². The number of para-hydroxylation sites is 1. The predicted octanol–water partition coefficient (Wildman–Crippen LogP) is 3.80. The summed E-state index contributed by atoms with van der Waals surface area (Å²) in [6.45, 7) is 2.40. The van der Waals surface area contributed by atoms with E-state index in [0.29, 0.717) is 6.61 Å². The average molecular weight is 346 g/mol. The number of rotatable bonds is 3. The molecule has 0 aromatic heterocycles. The van der Waals surface area contributed by atoms with Crippen molar-refractivity contribution in [1.82, 2.24) is 5.32 Å². The maximum Gasteiger partial charge on any atom is 0.231 e. The van der Waals surface area contributed by atoms with Gasteiger partial charge in [-0.2, -0.15) is 0 Å². The van der Waals surface area contributed by atoms with Crippen LogP contribution >= 0.6 is 15.9 Å². The molecule has 1 heterocycles. The van der Waals surface area contributed by atoms with Crippen LogP contribution in [0.2, 0.25) is 0 Å². The standard InChI is InChI=1S/C17H16BrNO2/c1-11(12-5-4-6-13(18)9-12)19-17(20)15-10-21-16-8-3-2-7-14(15)16/h2-9,11,15H,10H2,1H3,(H,19,20). The number of hydrogen-bond acceptors (Lipinski definition) is 2. The van der Waals surface area contributed by atoms with Gasteiger partial charge in [0.05, 0.1) is 6.04 Å². The average Bonchev–Trinajstić information content (AvgIpc) is 2.91. The van der Waals surface area contributed by atoms with E-state index in [2.05, 4.69) is 21.2 Å². The smallest absolute Gasteiger partial charge is 0.231 e. The Balaban J connectivity index is 1.73. The highest BCUT2D eigenvalue weighted by Gasteiger charge is 2.30. The lowest BCUT2D eigenvalue weighted by atomic mass is 9.99. The predicted molar refractivity (Wildman–Crippen MR) is 85.4 cm³/mol. The normalized spacial score (nSPS) is 17.7. The Morgan fingerprint density at radius 1 is 1.29 bits per heavy atom. The number of hydrogen-bond donors (Lipinski definition) is 1.